The highest BCUT2D eigenvalue weighted by molar-refractivity contribution is 5.18. The minimum atomic E-state index is -1.68. The lowest BCUT2D eigenvalue weighted by molar-refractivity contribution is -0.345. The van der Waals surface area contributed by atoms with Crippen LogP contribution in [0.15, 0.2) is 0 Å². The van der Waals surface area contributed by atoms with E-state index in [1.165, 1.54) is 0 Å². The first-order valence-electron chi connectivity index (χ1n) is 20.2. The molecule has 0 aromatic heterocycles. The maximum absolute atomic E-state index is 11.0. The van der Waals surface area contributed by atoms with Gasteiger partial charge in [-0.1, -0.05) is 20.8 Å². The Balaban J connectivity index is 1.03. The topological polar surface area (TPSA) is 298 Å². The highest BCUT2D eigenvalue weighted by Crippen LogP contribution is 2.73. The van der Waals surface area contributed by atoms with Crippen molar-refractivity contribution < 1.29 is 89.7 Å². The Hall–Kier alpha value is -0.720. The van der Waals surface area contributed by atoms with Gasteiger partial charge in [0.1, 0.15) is 73.2 Å². The van der Waals surface area contributed by atoms with E-state index in [0.717, 1.165) is 38.5 Å². The lowest BCUT2D eigenvalue weighted by Crippen LogP contribution is -2.63. The highest BCUT2D eigenvalue weighted by Gasteiger charge is 2.69. The molecule has 4 aliphatic carbocycles. The fourth-order valence-corrected chi connectivity index (χ4v) is 12.5. The number of rotatable bonds is 10. The average molecular weight is 809 g/mol. The first-order chi connectivity index (χ1) is 26.4. The van der Waals surface area contributed by atoms with Crippen molar-refractivity contribution in [3.05, 3.63) is 0 Å². The number of aliphatic hydroxyl groups excluding tert-OH is 12. The van der Waals surface area contributed by atoms with Crippen molar-refractivity contribution in [3.63, 3.8) is 0 Å². The van der Waals surface area contributed by atoms with Crippen molar-refractivity contribution in [1.29, 1.82) is 0 Å². The zero-order valence-electron chi connectivity index (χ0n) is 32.3. The second kappa shape index (κ2) is 16.0. The van der Waals surface area contributed by atoms with E-state index in [1.807, 2.05) is 0 Å². The van der Waals surface area contributed by atoms with E-state index in [4.69, 9.17) is 28.4 Å². The standard InChI is InChI=1S/C38H64O18/c1-35(2)20-6-9-37-10-16(38(14-37,15-41)56-34-31(50)27(46)24(43)18(12-40)53-34)4-5-21(37)36(20,3)8-7-22(35)55-33-30(49)28(47)25(44)19(54-33)13-51-32-29(48)26(45)23(42)17(11-39)52-32/h16-34,39-50H,4-15H2,1-3H3/t16-,17-,18+,19-,20-,21+,22+,23-,24+,25-,26+,27-,28+,29-,30-,31+,32-,33+,34-,36-,37+,38-/m1/s1. The molecule has 4 saturated carbocycles. The molecule has 0 aromatic rings. The Bertz CT molecular complexity index is 1360. The zero-order valence-corrected chi connectivity index (χ0v) is 32.3. The predicted molar refractivity (Wildman–Crippen MR) is 188 cm³/mol. The van der Waals surface area contributed by atoms with Crippen molar-refractivity contribution in [2.75, 3.05) is 26.4 Å². The number of hydrogen-bond acceptors (Lipinski definition) is 18. The molecule has 56 heavy (non-hydrogen) atoms. The quantitative estimate of drug-likeness (QED) is 0.0957. The van der Waals surface area contributed by atoms with Crippen molar-refractivity contribution >= 4 is 0 Å². The Morgan fingerprint density at radius 3 is 1.73 bits per heavy atom. The first kappa shape index (κ1) is 43.4. The van der Waals surface area contributed by atoms with Crippen LogP contribution in [0, 0.1) is 34.0 Å². The number of hydrogen-bond donors (Lipinski definition) is 12. The van der Waals surface area contributed by atoms with Crippen LogP contribution in [0.1, 0.15) is 72.1 Å². The van der Waals surface area contributed by atoms with Gasteiger partial charge < -0.3 is 89.7 Å². The summed E-state index contributed by atoms with van der Waals surface area (Å²) in [4.78, 5) is 0. The summed E-state index contributed by atoms with van der Waals surface area (Å²) in [6.07, 6.45) is -16.6. The minimum absolute atomic E-state index is 0.0340. The molecule has 1 spiro atoms. The molecule has 12 N–H and O–H groups in total. The summed E-state index contributed by atoms with van der Waals surface area (Å²) in [5.41, 5.74) is -1.82. The molecule has 22 atom stereocenters. The molecule has 0 unspecified atom stereocenters. The molecule has 3 heterocycles. The second-order valence-corrected chi connectivity index (χ2v) is 18.7. The highest BCUT2D eigenvalue weighted by atomic mass is 16.7. The number of fused-ring (bicyclic) bond motifs is 3. The predicted octanol–water partition coefficient (Wildman–Crippen LogP) is -3.41. The lowest BCUT2D eigenvalue weighted by Gasteiger charge is -2.65. The van der Waals surface area contributed by atoms with Gasteiger partial charge in [0.05, 0.1) is 38.1 Å². The minimum Gasteiger partial charge on any atom is -0.394 e. The van der Waals surface area contributed by atoms with E-state index >= 15 is 0 Å². The fourth-order valence-electron chi connectivity index (χ4n) is 12.5. The summed E-state index contributed by atoms with van der Waals surface area (Å²) in [5.74, 6) is 0.390. The van der Waals surface area contributed by atoms with E-state index in [1.54, 1.807) is 0 Å². The molecule has 0 radical (unpaired) electrons. The third-order valence-electron chi connectivity index (χ3n) is 15.5. The molecule has 7 aliphatic rings. The van der Waals surface area contributed by atoms with Gasteiger partial charge in [-0.3, -0.25) is 0 Å². The summed E-state index contributed by atoms with van der Waals surface area (Å²) in [6.45, 7) is 4.59. The van der Waals surface area contributed by atoms with Crippen LogP contribution in [0.4, 0.5) is 0 Å². The molecular weight excluding hydrogens is 744 g/mol. The van der Waals surface area contributed by atoms with Crippen LogP contribution >= 0.6 is 0 Å². The third-order valence-corrected chi connectivity index (χ3v) is 15.5. The molecule has 0 amide bonds. The van der Waals surface area contributed by atoms with E-state index in [2.05, 4.69) is 20.8 Å². The van der Waals surface area contributed by atoms with Crippen molar-refractivity contribution in [1.82, 2.24) is 0 Å². The summed E-state index contributed by atoms with van der Waals surface area (Å²) >= 11 is 0. The molecule has 2 bridgehead atoms. The molecular formula is C38H64O18. The SMILES string of the molecule is CC1(C)[C@@H](O[C@@H]2O[C@H](CO[C@@H]3O[C@H](CO)[C@@H](O)[C@H](O)[C@H]3O)[C@@H](O)[C@H](O)[C@H]2O)CC[C@]2(C)[C@@H]1CC[C@@]13C[C@@H](CC[C@H]12)[C@@](CO)(O[C@H]1O[C@@H](CO)[C@H](O)[C@@H](O)[C@@H]1O)C3. The van der Waals surface area contributed by atoms with Gasteiger partial charge in [0.2, 0.25) is 0 Å². The van der Waals surface area contributed by atoms with Gasteiger partial charge in [-0.15, -0.1) is 0 Å². The van der Waals surface area contributed by atoms with Crippen LogP contribution in [0.3, 0.4) is 0 Å². The second-order valence-electron chi connectivity index (χ2n) is 18.7. The van der Waals surface area contributed by atoms with Gasteiger partial charge >= 0.3 is 0 Å². The van der Waals surface area contributed by atoms with Crippen LogP contribution in [0.2, 0.25) is 0 Å². The van der Waals surface area contributed by atoms with Crippen molar-refractivity contribution in [2.24, 2.45) is 34.0 Å². The molecule has 3 aliphatic heterocycles. The van der Waals surface area contributed by atoms with Crippen LogP contribution in [0.25, 0.3) is 0 Å². The average Bonchev–Trinajstić information content (AvgIpc) is 3.40. The number of aliphatic hydroxyl groups is 12. The van der Waals surface area contributed by atoms with Gasteiger partial charge in [0.25, 0.3) is 0 Å². The van der Waals surface area contributed by atoms with Gasteiger partial charge in [-0.05, 0) is 85.4 Å². The van der Waals surface area contributed by atoms with E-state index < -0.39 is 129 Å². The lowest BCUT2D eigenvalue weighted by atomic mass is 9.41. The maximum atomic E-state index is 11.0. The van der Waals surface area contributed by atoms with Crippen LogP contribution in [-0.2, 0) is 28.4 Å². The van der Waals surface area contributed by atoms with Gasteiger partial charge in [0.15, 0.2) is 18.9 Å². The molecule has 7 rings (SSSR count). The van der Waals surface area contributed by atoms with Crippen LogP contribution in [-0.4, -0.2) is 192 Å². The Kier molecular flexibility index (Phi) is 12.4. The molecule has 18 heteroatoms. The van der Waals surface area contributed by atoms with Crippen molar-refractivity contribution in [3.8, 4) is 0 Å². The largest absolute Gasteiger partial charge is 0.394 e. The smallest absolute Gasteiger partial charge is 0.187 e. The van der Waals surface area contributed by atoms with Crippen LogP contribution < -0.4 is 0 Å². The van der Waals surface area contributed by atoms with Crippen molar-refractivity contribution in [2.45, 2.75) is 176 Å². The summed E-state index contributed by atoms with van der Waals surface area (Å²) < 4.78 is 35.7. The Morgan fingerprint density at radius 1 is 0.571 bits per heavy atom. The fraction of sp³-hybridized carbons (Fsp3) is 1.00. The van der Waals surface area contributed by atoms with E-state index in [-0.39, 0.29) is 35.2 Å². The van der Waals surface area contributed by atoms with Crippen LogP contribution in [0.5, 0.6) is 0 Å². The Labute approximate surface area is 325 Å². The normalized spacial score (nSPS) is 55.7. The monoisotopic (exact) mass is 808 g/mol. The van der Waals surface area contributed by atoms with Gasteiger partial charge in [0, 0.05) is 0 Å². The molecule has 324 valence electrons. The first-order valence-corrected chi connectivity index (χ1v) is 20.2. The molecule has 7 fully saturated rings. The summed E-state index contributed by atoms with van der Waals surface area (Å²) in [7, 11) is 0. The Morgan fingerprint density at radius 2 is 1.12 bits per heavy atom. The molecule has 0 aromatic carbocycles. The molecule has 3 saturated heterocycles. The molecule has 18 nitrogen and oxygen atoms in total. The number of ether oxygens (including phenoxy) is 6. The van der Waals surface area contributed by atoms with E-state index in [0.29, 0.717) is 12.8 Å². The van der Waals surface area contributed by atoms with E-state index in [9.17, 15) is 61.3 Å². The zero-order chi connectivity index (χ0) is 40.7. The van der Waals surface area contributed by atoms with Gasteiger partial charge in [-0.25, -0.2) is 0 Å². The maximum Gasteiger partial charge on any atom is 0.187 e. The summed E-state index contributed by atoms with van der Waals surface area (Å²) in [6, 6.07) is 0. The third kappa shape index (κ3) is 7.00. The van der Waals surface area contributed by atoms with Gasteiger partial charge in [-0.2, -0.15) is 0 Å². The summed E-state index contributed by atoms with van der Waals surface area (Å²) in [5, 5.41) is 125.